The van der Waals surface area contributed by atoms with Gasteiger partial charge in [0, 0.05) is 18.3 Å². The number of rotatable bonds is 6. The molecule has 1 aromatic heterocycles. The number of aromatic nitrogens is 3. The van der Waals surface area contributed by atoms with Gasteiger partial charge in [0.05, 0.1) is 26.1 Å². The van der Waals surface area contributed by atoms with Gasteiger partial charge < -0.3 is 20.5 Å². The van der Waals surface area contributed by atoms with E-state index in [4.69, 9.17) is 15.2 Å². The Bertz CT molecular complexity index is 656. The summed E-state index contributed by atoms with van der Waals surface area (Å²) < 4.78 is 11.9. The Hall–Kier alpha value is -2.61. The zero-order valence-electron chi connectivity index (χ0n) is 12.7. The molecular weight excluding hydrogens is 286 g/mol. The fourth-order valence-electron chi connectivity index (χ4n) is 2.01. The number of nitrogens with one attached hydrogen (secondary N) is 1. The Labute approximate surface area is 128 Å². The minimum Gasteiger partial charge on any atom is -0.493 e. The Morgan fingerprint density at radius 1 is 1.36 bits per heavy atom. The molecule has 1 aromatic carbocycles. The van der Waals surface area contributed by atoms with Gasteiger partial charge in [0.25, 0.3) is 0 Å². The van der Waals surface area contributed by atoms with E-state index in [2.05, 4.69) is 15.6 Å². The fraction of sp³-hybridized carbons (Fsp3) is 0.357. The maximum Gasteiger partial charge on any atom is 0.249 e. The molecule has 2 rings (SSSR count). The summed E-state index contributed by atoms with van der Waals surface area (Å²) in [6.45, 7) is 1.99. The molecule has 0 bridgehead atoms. The number of nitrogens with zero attached hydrogens (tertiary/aromatic N) is 3. The van der Waals surface area contributed by atoms with Crippen molar-refractivity contribution in [2.45, 2.75) is 19.5 Å². The number of nitrogens with two attached hydrogens (primary N) is 1. The molecule has 1 amide bonds. The van der Waals surface area contributed by atoms with Crippen LogP contribution in [0.4, 0.5) is 5.69 Å². The number of hydrogen-bond donors (Lipinski definition) is 2. The third-order valence-electron chi connectivity index (χ3n) is 3.26. The van der Waals surface area contributed by atoms with Crippen molar-refractivity contribution in [2.75, 3.05) is 19.5 Å². The van der Waals surface area contributed by atoms with Crippen LogP contribution in [0.15, 0.2) is 24.4 Å². The molecule has 0 radical (unpaired) electrons. The van der Waals surface area contributed by atoms with Crippen molar-refractivity contribution in [2.24, 2.45) is 5.73 Å². The molecule has 8 nitrogen and oxygen atoms in total. The minimum atomic E-state index is -0.533. The van der Waals surface area contributed by atoms with Crippen molar-refractivity contribution in [3.63, 3.8) is 0 Å². The van der Waals surface area contributed by atoms with Gasteiger partial charge in [0.1, 0.15) is 6.04 Å². The van der Waals surface area contributed by atoms with E-state index in [0.29, 0.717) is 22.9 Å². The molecule has 0 saturated carbocycles. The molecule has 0 aliphatic heterocycles. The number of ether oxygens (including phenoxy) is 2. The molecule has 1 unspecified atom stereocenters. The van der Waals surface area contributed by atoms with Gasteiger partial charge in [-0.15, -0.1) is 5.10 Å². The lowest BCUT2D eigenvalue weighted by Gasteiger charge is -2.15. The second-order valence-electron chi connectivity index (χ2n) is 4.61. The van der Waals surface area contributed by atoms with Crippen LogP contribution in [0.1, 0.15) is 18.7 Å². The van der Waals surface area contributed by atoms with Gasteiger partial charge in [-0.2, -0.15) is 0 Å². The molecule has 0 spiro atoms. The SMILES string of the molecule is COc1ccc(NC(=O)C(C)n2nncc2CN)cc1OC. The molecule has 0 aliphatic rings. The van der Waals surface area contributed by atoms with Crippen LogP contribution in [0.5, 0.6) is 11.5 Å². The standard InChI is InChI=1S/C14H19N5O3/c1-9(19-11(7-15)8-16-18-19)14(20)17-10-4-5-12(21-2)13(6-10)22-3/h4-6,8-9H,7,15H2,1-3H3,(H,17,20). The lowest BCUT2D eigenvalue weighted by Crippen LogP contribution is -2.26. The van der Waals surface area contributed by atoms with Crippen LogP contribution in [-0.4, -0.2) is 35.1 Å². The van der Waals surface area contributed by atoms with Crippen LogP contribution in [0.25, 0.3) is 0 Å². The lowest BCUT2D eigenvalue weighted by molar-refractivity contribution is -0.119. The summed E-state index contributed by atoms with van der Waals surface area (Å²) in [6, 6.07) is 4.61. The second kappa shape index (κ2) is 6.90. The quantitative estimate of drug-likeness (QED) is 0.823. The Morgan fingerprint density at radius 2 is 2.09 bits per heavy atom. The van der Waals surface area contributed by atoms with Gasteiger partial charge in [0.15, 0.2) is 11.5 Å². The number of carbonyl (C=O) groups is 1. The number of methoxy groups -OCH3 is 2. The van der Waals surface area contributed by atoms with Gasteiger partial charge >= 0.3 is 0 Å². The van der Waals surface area contributed by atoms with Crippen LogP contribution < -0.4 is 20.5 Å². The average molecular weight is 305 g/mol. The van der Waals surface area contributed by atoms with E-state index in [-0.39, 0.29) is 12.5 Å². The lowest BCUT2D eigenvalue weighted by atomic mass is 10.2. The first-order valence-electron chi connectivity index (χ1n) is 6.72. The predicted octanol–water partition coefficient (Wildman–Crippen LogP) is 0.954. The average Bonchev–Trinajstić information content (AvgIpc) is 3.02. The van der Waals surface area contributed by atoms with Crippen LogP contribution >= 0.6 is 0 Å². The van der Waals surface area contributed by atoms with Crippen molar-refractivity contribution < 1.29 is 14.3 Å². The predicted molar refractivity (Wildman–Crippen MR) is 80.8 cm³/mol. The number of carbonyl (C=O) groups excluding carboxylic acids is 1. The highest BCUT2D eigenvalue weighted by Gasteiger charge is 2.19. The van der Waals surface area contributed by atoms with Crippen LogP contribution in [0.2, 0.25) is 0 Å². The summed E-state index contributed by atoms with van der Waals surface area (Å²) in [4.78, 5) is 12.3. The molecule has 8 heteroatoms. The number of benzene rings is 1. The van der Waals surface area contributed by atoms with Gasteiger partial charge in [-0.05, 0) is 19.1 Å². The zero-order chi connectivity index (χ0) is 16.1. The maximum atomic E-state index is 12.3. The fourth-order valence-corrected chi connectivity index (χ4v) is 2.01. The van der Waals surface area contributed by atoms with Gasteiger partial charge in [-0.3, -0.25) is 4.79 Å². The van der Waals surface area contributed by atoms with Crippen molar-refractivity contribution >= 4 is 11.6 Å². The molecule has 2 aromatic rings. The highest BCUT2D eigenvalue weighted by atomic mass is 16.5. The van der Waals surface area contributed by atoms with Crippen LogP contribution in [0.3, 0.4) is 0 Å². The molecule has 118 valence electrons. The Balaban J connectivity index is 2.15. The van der Waals surface area contributed by atoms with Gasteiger partial charge in [-0.25, -0.2) is 4.68 Å². The molecule has 0 aliphatic carbocycles. The highest BCUT2D eigenvalue weighted by Crippen LogP contribution is 2.30. The normalized spacial score (nSPS) is 11.8. The minimum absolute atomic E-state index is 0.229. The van der Waals surface area contributed by atoms with Crippen LogP contribution in [0, 0.1) is 0 Å². The van der Waals surface area contributed by atoms with E-state index in [1.54, 1.807) is 38.4 Å². The van der Waals surface area contributed by atoms with E-state index >= 15 is 0 Å². The number of hydrogen-bond acceptors (Lipinski definition) is 6. The Kier molecular flexibility index (Phi) is 4.95. The topological polar surface area (TPSA) is 104 Å². The van der Waals surface area contributed by atoms with Crippen molar-refractivity contribution in [3.8, 4) is 11.5 Å². The summed E-state index contributed by atoms with van der Waals surface area (Å²) in [5, 5.41) is 10.5. The zero-order valence-corrected chi connectivity index (χ0v) is 12.7. The number of anilines is 1. The third kappa shape index (κ3) is 3.17. The van der Waals surface area contributed by atoms with Crippen molar-refractivity contribution in [1.29, 1.82) is 0 Å². The summed E-state index contributed by atoms with van der Waals surface area (Å²) >= 11 is 0. The van der Waals surface area contributed by atoms with E-state index in [9.17, 15) is 4.79 Å². The van der Waals surface area contributed by atoms with Crippen molar-refractivity contribution in [1.82, 2.24) is 15.0 Å². The summed E-state index contributed by atoms with van der Waals surface area (Å²) in [5.41, 5.74) is 6.88. The van der Waals surface area contributed by atoms with Crippen LogP contribution in [-0.2, 0) is 11.3 Å². The molecule has 1 atom stereocenters. The molecule has 0 fully saturated rings. The van der Waals surface area contributed by atoms with Gasteiger partial charge in [0.2, 0.25) is 5.91 Å². The summed E-state index contributed by atoms with van der Waals surface area (Å²) in [6.07, 6.45) is 1.54. The highest BCUT2D eigenvalue weighted by molar-refractivity contribution is 5.93. The monoisotopic (exact) mass is 305 g/mol. The largest absolute Gasteiger partial charge is 0.493 e. The first-order chi connectivity index (χ1) is 10.6. The molecular formula is C14H19N5O3. The smallest absolute Gasteiger partial charge is 0.249 e. The van der Waals surface area contributed by atoms with E-state index in [0.717, 1.165) is 0 Å². The Morgan fingerprint density at radius 3 is 2.73 bits per heavy atom. The molecule has 0 saturated heterocycles. The first-order valence-corrected chi connectivity index (χ1v) is 6.72. The summed E-state index contributed by atoms with van der Waals surface area (Å²) in [5.74, 6) is 0.902. The second-order valence-corrected chi connectivity index (χ2v) is 4.61. The number of amides is 1. The van der Waals surface area contributed by atoms with E-state index in [1.807, 2.05) is 0 Å². The summed E-state index contributed by atoms with van der Waals surface area (Å²) in [7, 11) is 3.09. The van der Waals surface area contributed by atoms with E-state index in [1.165, 1.54) is 11.8 Å². The third-order valence-corrected chi connectivity index (χ3v) is 3.26. The first kappa shape index (κ1) is 15.8. The van der Waals surface area contributed by atoms with Gasteiger partial charge in [-0.1, -0.05) is 5.21 Å². The maximum absolute atomic E-state index is 12.3. The molecule has 3 N–H and O–H groups in total. The van der Waals surface area contributed by atoms with Crippen molar-refractivity contribution in [3.05, 3.63) is 30.1 Å². The molecule has 1 heterocycles. The molecule has 22 heavy (non-hydrogen) atoms. The van der Waals surface area contributed by atoms with E-state index < -0.39 is 6.04 Å².